The van der Waals surface area contributed by atoms with Crippen LogP contribution < -0.4 is 5.32 Å². The smallest absolute Gasteiger partial charge is 0.354 e. The number of anilines is 1. The number of benzene rings is 1. The molecule has 0 fully saturated rings. The first kappa shape index (κ1) is 13.1. The Kier molecular flexibility index (Phi) is 3.52. The lowest BCUT2D eigenvalue weighted by Crippen LogP contribution is -2.17. The van der Waals surface area contributed by atoms with E-state index in [0.29, 0.717) is 10.7 Å². The summed E-state index contributed by atoms with van der Waals surface area (Å²) in [6.45, 7) is 1.78. The number of aromatic carboxylic acids is 1. The van der Waals surface area contributed by atoms with Crippen molar-refractivity contribution in [3.05, 3.63) is 46.5 Å². The molecule has 98 valence electrons. The Bertz CT molecular complexity index is 651. The van der Waals surface area contributed by atoms with E-state index in [-0.39, 0.29) is 11.4 Å². The summed E-state index contributed by atoms with van der Waals surface area (Å²) in [5.74, 6) is -1.83. The third-order valence-electron chi connectivity index (χ3n) is 2.50. The van der Waals surface area contributed by atoms with E-state index in [2.05, 4.69) is 15.3 Å². The van der Waals surface area contributed by atoms with E-state index in [1.165, 1.54) is 0 Å². The molecule has 1 amide bonds. The lowest BCUT2D eigenvalue weighted by molar-refractivity contribution is 0.0686. The second-order valence-corrected chi connectivity index (χ2v) is 4.28. The SMILES string of the molecule is Cc1cc(Cl)ccc1NC(=O)c1nc[nH]c1C(=O)O. The van der Waals surface area contributed by atoms with Gasteiger partial charge in [0.25, 0.3) is 5.91 Å². The van der Waals surface area contributed by atoms with Crippen molar-refractivity contribution in [3.63, 3.8) is 0 Å². The molecule has 1 aromatic carbocycles. The number of aromatic amines is 1. The fraction of sp³-hybridized carbons (Fsp3) is 0.0833. The summed E-state index contributed by atoms with van der Waals surface area (Å²) in [5, 5.41) is 12.0. The minimum absolute atomic E-state index is 0.165. The van der Waals surface area contributed by atoms with Gasteiger partial charge in [-0.15, -0.1) is 0 Å². The number of carbonyl (C=O) groups is 2. The number of nitrogens with one attached hydrogen (secondary N) is 2. The summed E-state index contributed by atoms with van der Waals surface area (Å²) in [5.41, 5.74) is 0.910. The van der Waals surface area contributed by atoms with Gasteiger partial charge in [0.2, 0.25) is 0 Å². The van der Waals surface area contributed by atoms with Crippen molar-refractivity contribution >= 4 is 29.2 Å². The molecule has 0 spiro atoms. The van der Waals surface area contributed by atoms with Gasteiger partial charge in [0.15, 0.2) is 11.4 Å². The van der Waals surface area contributed by atoms with Gasteiger partial charge >= 0.3 is 5.97 Å². The molecule has 6 nitrogen and oxygen atoms in total. The molecular formula is C12H10ClN3O3. The molecule has 7 heteroatoms. The number of hydrogen-bond acceptors (Lipinski definition) is 3. The molecule has 0 aliphatic heterocycles. The third kappa shape index (κ3) is 2.74. The van der Waals surface area contributed by atoms with Crippen molar-refractivity contribution < 1.29 is 14.7 Å². The predicted octanol–water partition coefficient (Wildman–Crippen LogP) is 2.32. The summed E-state index contributed by atoms with van der Waals surface area (Å²) in [6.07, 6.45) is 1.16. The Labute approximate surface area is 113 Å². The lowest BCUT2D eigenvalue weighted by atomic mass is 10.2. The van der Waals surface area contributed by atoms with Crippen molar-refractivity contribution in [2.75, 3.05) is 5.32 Å². The Hall–Kier alpha value is -2.34. The highest BCUT2D eigenvalue weighted by molar-refractivity contribution is 6.30. The fourth-order valence-corrected chi connectivity index (χ4v) is 1.80. The number of nitrogens with zero attached hydrogens (tertiary/aromatic N) is 1. The topological polar surface area (TPSA) is 95.1 Å². The number of carboxylic acids is 1. The minimum Gasteiger partial charge on any atom is -0.477 e. The van der Waals surface area contributed by atoms with Crippen LogP contribution in [0.1, 0.15) is 26.5 Å². The number of aromatic nitrogens is 2. The predicted molar refractivity (Wildman–Crippen MR) is 69.7 cm³/mol. The van der Waals surface area contributed by atoms with Crippen molar-refractivity contribution in [2.45, 2.75) is 6.92 Å². The molecule has 0 aliphatic rings. The third-order valence-corrected chi connectivity index (χ3v) is 2.74. The van der Waals surface area contributed by atoms with Crippen LogP contribution in [0.15, 0.2) is 24.5 Å². The van der Waals surface area contributed by atoms with Gasteiger partial charge in [0.1, 0.15) is 0 Å². The van der Waals surface area contributed by atoms with Gasteiger partial charge in [-0.25, -0.2) is 9.78 Å². The average Bonchev–Trinajstić information content (AvgIpc) is 2.82. The Morgan fingerprint density at radius 1 is 1.42 bits per heavy atom. The summed E-state index contributed by atoms with van der Waals surface area (Å²) < 4.78 is 0. The van der Waals surface area contributed by atoms with E-state index in [1.54, 1.807) is 25.1 Å². The normalized spacial score (nSPS) is 10.2. The Morgan fingerprint density at radius 2 is 2.16 bits per heavy atom. The minimum atomic E-state index is -1.24. The van der Waals surface area contributed by atoms with Gasteiger partial charge in [-0.1, -0.05) is 11.6 Å². The largest absolute Gasteiger partial charge is 0.477 e. The van der Waals surface area contributed by atoms with Gasteiger partial charge in [-0.05, 0) is 30.7 Å². The van der Waals surface area contributed by atoms with Crippen LogP contribution in [0.4, 0.5) is 5.69 Å². The molecule has 0 aliphatic carbocycles. The number of aryl methyl sites for hydroxylation is 1. The number of carbonyl (C=O) groups excluding carboxylic acids is 1. The van der Waals surface area contributed by atoms with Crippen LogP contribution in [0, 0.1) is 6.92 Å². The summed E-state index contributed by atoms with van der Waals surface area (Å²) in [6, 6.07) is 4.97. The zero-order chi connectivity index (χ0) is 14.0. The van der Waals surface area contributed by atoms with E-state index >= 15 is 0 Å². The first-order chi connectivity index (χ1) is 8.99. The zero-order valence-corrected chi connectivity index (χ0v) is 10.7. The Morgan fingerprint density at radius 3 is 2.79 bits per heavy atom. The first-order valence-corrected chi connectivity index (χ1v) is 5.71. The highest BCUT2D eigenvalue weighted by atomic mass is 35.5. The maximum absolute atomic E-state index is 11.9. The van der Waals surface area contributed by atoms with Crippen LogP contribution in [0.3, 0.4) is 0 Å². The molecule has 0 atom stereocenters. The highest BCUT2D eigenvalue weighted by Crippen LogP contribution is 2.20. The second-order valence-electron chi connectivity index (χ2n) is 3.84. The molecule has 2 rings (SSSR count). The molecule has 19 heavy (non-hydrogen) atoms. The summed E-state index contributed by atoms with van der Waals surface area (Å²) >= 11 is 5.81. The van der Waals surface area contributed by atoms with E-state index in [0.717, 1.165) is 11.9 Å². The van der Waals surface area contributed by atoms with Crippen molar-refractivity contribution in [1.82, 2.24) is 9.97 Å². The van der Waals surface area contributed by atoms with Crippen LogP contribution in [-0.2, 0) is 0 Å². The molecule has 0 bridgehead atoms. The summed E-state index contributed by atoms with van der Waals surface area (Å²) in [4.78, 5) is 28.9. The molecule has 2 aromatic rings. The van der Waals surface area contributed by atoms with Crippen molar-refractivity contribution in [1.29, 1.82) is 0 Å². The van der Waals surface area contributed by atoms with Gasteiger partial charge in [-0.3, -0.25) is 4.79 Å². The number of amides is 1. The number of imidazole rings is 1. The molecule has 0 radical (unpaired) electrons. The average molecular weight is 280 g/mol. The number of carboxylic acid groups (broad SMARTS) is 1. The Balaban J connectivity index is 2.26. The molecule has 3 N–H and O–H groups in total. The van der Waals surface area contributed by atoms with E-state index in [9.17, 15) is 9.59 Å². The van der Waals surface area contributed by atoms with Gasteiger partial charge in [0.05, 0.1) is 6.33 Å². The van der Waals surface area contributed by atoms with Crippen molar-refractivity contribution in [2.24, 2.45) is 0 Å². The highest BCUT2D eigenvalue weighted by Gasteiger charge is 2.20. The van der Waals surface area contributed by atoms with E-state index < -0.39 is 11.9 Å². The molecule has 0 saturated heterocycles. The standard InChI is InChI=1S/C12H10ClN3O3/c1-6-4-7(13)2-3-8(6)16-11(17)9-10(12(18)19)15-5-14-9/h2-5H,1H3,(H,14,15)(H,16,17)(H,18,19). The summed E-state index contributed by atoms with van der Waals surface area (Å²) in [7, 11) is 0. The maximum atomic E-state index is 11.9. The first-order valence-electron chi connectivity index (χ1n) is 5.33. The van der Waals surface area contributed by atoms with Gasteiger partial charge < -0.3 is 15.4 Å². The fourth-order valence-electron chi connectivity index (χ4n) is 1.58. The second kappa shape index (κ2) is 5.11. The maximum Gasteiger partial charge on any atom is 0.354 e. The van der Waals surface area contributed by atoms with E-state index in [4.69, 9.17) is 16.7 Å². The quantitative estimate of drug-likeness (QED) is 0.803. The number of halogens is 1. The molecular weight excluding hydrogens is 270 g/mol. The molecule has 1 aromatic heterocycles. The monoisotopic (exact) mass is 279 g/mol. The van der Waals surface area contributed by atoms with Gasteiger partial charge in [0, 0.05) is 10.7 Å². The van der Waals surface area contributed by atoms with Crippen LogP contribution in [-0.4, -0.2) is 27.0 Å². The van der Waals surface area contributed by atoms with Crippen LogP contribution in [0.2, 0.25) is 5.02 Å². The van der Waals surface area contributed by atoms with Gasteiger partial charge in [-0.2, -0.15) is 0 Å². The van der Waals surface area contributed by atoms with Crippen LogP contribution in [0.5, 0.6) is 0 Å². The van der Waals surface area contributed by atoms with Crippen LogP contribution in [0.25, 0.3) is 0 Å². The van der Waals surface area contributed by atoms with Crippen molar-refractivity contribution in [3.8, 4) is 0 Å². The zero-order valence-electron chi connectivity index (χ0n) is 9.90. The number of rotatable bonds is 3. The molecule has 0 unspecified atom stereocenters. The van der Waals surface area contributed by atoms with Crippen LogP contribution >= 0.6 is 11.6 Å². The molecule has 1 heterocycles. The number of hydrogen-bond donors (Lipinski definition) is 3. The lowest BCUT2D eigenvalue weighted by Gasteiger charge is -2.07. The van der Waals surface area contributed by atoms with E-state index in [1.807, 2.05) is 0 Å². The number of H-pyrrole nitrogens is 1. The molecule has 0 saturated carbocycles.